The maximum Gasteiger partial charge on any atom is 0.237 e. The van der Waals surface area contributed by atoms with E-state index in [1.54, 1.807) is 30.0 Å². The van der Waals surface area contributed by atoms with Crippen LogP contribution in [-0.4, -0.2) is 16.9 Å². The van der Waals surface area contributed by atoms with Crippen molar-refractivity contribution in [3.8, 4) is 0 Å². The summed E-state index contributed by atoms with van der Waals surface area (Å²) in [5.74, 6) is 1.66. The van der Waals surface area contributed by atoms with Gasteiger partial charge in [0.1, 0.15) is 0 Å². The van der Waals surface area contributed by atoms with Crippen molar-refractivity contribution in [3.05, 3.63) is 23.2 Å². The number of rotatable bonds is 6. The van der Waals surface area contributed by atoms with Gasteiger partial charge in [-0.05, 0) is 43.2 Å². The van der Waals surface area contributed by atoms with E-state index in [0.29, 0.717) is 22.3 Å². The Balaban J connectivity index is 2.47. The van der Waals surface area contributed by atoms with E-state index in [4.69, 9.17) is 17.3 Å². The van der Waals surface area contributed by atoms with Crippen molar-refractivity contribution in [3.63, 3.8) is 0 Å². The number of hydrogen-bond donors (Lipinski definition) is 2. The van der Waals surface area contributed by atoms with Crippen molar-refractivity contribution in [1.82, 2.24) is 0 Å². The Morgan fingerprint density at radius 2 is 2.11 bits per heavy atom. The number of carbonyl (C=O) groups excluding carboxylic acids is 1. The third-order valence-corrected chi connectivity index (χ3v) is 4.23. The first-order chi connectivity index (χ1) is 8.90. The summed E-state index contributed by atoms with van der Waals surface area (Å²) in [5.41, 5.74) is 6.85. The average Bonchev–Trinajstić information content (AvgIpc) is 2.33. The number of carbonyl (C=O) groups is 1. The first kappa shape index (κ1) is 16.2. The van der Waals surface area contributed by atoms with Gasteiger partial charge in [0.2, 0.25) is 5.91 Å². The summed E-state index contributed by atoms with van der Waals surface area (Å²) in [5, 5.41) is 3.27. The number of thioether (sulfide) groups is 1. The van der Waals surface area contributed by atoms with Crippen LogP contribution in [0.4, 0.5) is 11.4 Å². The molecule has 0 aliphatic rings. The molecular weight excluding hydrogens is 280 g/mol. The number of nitrogens with two attached hydrogens (primary N) is 1. The maximum absolute atomic E-state index is 12.0. The third-order valence-electron chi connectivity index (χ3n) is 2.70. The van der Waals surface area contributed by atoms with Crippen LogP contribution in [0.15, 0.2) is 18.2 Å². The van der Waals surface area contributed by atoms with Crippen LogP contribution in [0, 0.1) is 5.92 Å². The molecule has 106 valence electrons. The molecule has 0 saturated heterocycles. The summed E-state index contributed by atoms with van der Waals surface area (Å²) in [4.78, 5) is 12.0. The lowest BCUT2D eigenvalue weighted by atomic mass is 10.2. The van der Waals surface area contributed by atoms with Gasteiger partial charge in [-0.15, -0.1) is 11.8 Å². The fourth-order valence-electron chi connectivity index (χ4n) is 1.42. The Labute approximate surface area is 124 Å². The van der Waals surface area contributed by atoms with Crippen LogP contribution in [0.5, 0.6) is 0 Å². The molecule has 0 radical (unpaired) electrons. The molecule has 1 unspecified atom stereocenters. The SMILES string of the molecule is CC(C)CCSC(C)C(=O)Nc1ccc(Cl)c(N)c1. The Bertz CT molecular complexity index is 437. The molecule has 0 aliphatic carbocycles. The van der Waals surface area contributed by atoms with Crippen molar-refractivity contribution in [2.75, 3.05) is 16.8 Å². The molecule has 0 saturated carbocycles. The van der Waals surface area contributed by atoms with Gasteiger partial charge in [-0.25, -0.2) is 0 Å². The summed E-state index contributed by atoms with van der Waals surface area (Å²) in [6.45, 7) is 6.28. The van der Waals surface area contributed by atoms with Crippen molar-refractivity contribution < 1.29 is 4.79 Å². The number of halogens is 1. The second-order valence-electron chi connectivity index (χ2n) is 4.92. The number of nitrogens with one attached hydrogen (secondary N) is 1. The Morgan fingerprint density at radius 1 is 1.42 bits per heavy atom. The maximum atomic E-state index is 12.0. The van der Waals surface area contributed by atoms with Gasteiger partial charge in [0.05, 0.1) is 16.0 Å². The number of amides is 1. The van der Waals surface area contributed by atoms with Gasteiger partial charge < -0.3 is 11.1 Å². The smallest absolute Gasteiger partial charge is 0.237 e. The zero-order chi connectivity index (χ0) is 14.4. The lowest BCUT2D eigenvalue weighted by Crippen LogP contribution is -2.23. The van der Waals surface area contributed by atoms with Gasteiger partial charge in [0.15, 0.2) is 0 Å². The van der Waals surface area contributed by atoms with Crippen LogP contribution < -0.4 is 11.1 Å². The minimum Gasteiger partial charge on any atom is -0.397 e. The van der Waals surface area contributed by atoms with Crippen molar-refractivity contribution in [2.24, 2.45) is 5.92 Å². The van der Waals surface area contributed by atoms with E-state index in [0.717, 1.165) is 12.2 Å². The van der Waals surface area contributed by atoms with E-state index in [9.17, 15) is 4.79 Å². The molecule has 1 aromatic carbocycles. The summed E-state index contributed by atoms with van der Waals surface area (Å²) < 4.78 is 0. The Kier molecular flexibility index (Phi) is 6.52. The van der Waals surface area contributed by atoms with Crippen LogP contribution in [-0.2, 0) is 4.79 Å². The number of benzene rings is 1. The predicted octanol–water partition coefficient (Wildman–Crippen LogP) is 4.03. The second kappa shape index (κ2) is 7.65. The predicted molar refractivity (Wildman–Crippen MR) is 85.9 cm³/mol. The summed E-state index contributed by atoms with van der Waals surface area (Å²) in [7, 11) is 0. The fraction of sp³-hybridized carbons (Fsp3) is 0.500. The highest BCUT2D eigenvalue weighted by molar-refractivity contribution is 8.00. The van der Waals surface area contributed by atoms with Gasteiger partial charge in [-0.1, -0.05) is 25.4 Å². The lowest BCUT2D eigenvalue weighted by molar-refractivity contribution is -0.115. The first-order valence-corrected chi connectivity index (χ1v) is 7.80. The van der Waals surface area contributed by atoms with E-state index in [2.05, 4.69) is 19.2 Å². The molecule has 0 fully saturated rings. The van der Waals surface area contributed by atoms with E-state index in [1.165, 1.54) is 0 Å². The quantitative estimate of drug-likeness (QED) is 0.780. The van der Waals surface area contributed by atoms with Crippen LogP contribution in [0.1, 0.15) is 27.2 Å². The van der Waals surface area contributed by atoms with E-state index < -0.39 is 0 Å². The molecule has 5 heteroatoms. The largest absolute Gasteiger partial charge is 0.397 e. The van der Waals surface area contributed by atoms with Crippen molar-refractivity contribution >= 4 is 40.6 Å². The fourth-order valence-corrected chi connectivity index (χ4v) is 2.71. The highest BCUT2D eigenvalue weighted by Gasteiger charge is 2.13. The molecule has 1 atom stereocenters. The lowest BCUT2D eigenvalue weighted by Gasteiger charge is -2.13. The molecule has 0 aliphatic heterocycles. The van der Waals surface area contributed by atoms with Crippen LogP contribution in [0.2, 0.25) is 5.02 Å². The first-order valence-electron chi connectivity index (χ1n) is 6.37. The topological polar surface area (TPSA) is 55.1 Å². The van der Waals surface area contributed by atoms with Gasteiger partial charge in [-0.2, -0.15) is 0 Å². The zero-order valence-corrected chi connectivity index (χ0v) is 13.1. The van der Waals surface area contributed by atoms with E-state index >= 15 is 0 Å². The van der Waals surface area contributed by atoms with E-state index in [1.807, 2.05) is 6.92 Å². The average molecular weight is 301 g/mol. The number of anilines is 2. The molecule has 19 heavy (non-hydrogen) atoms. The molecular formula is C14H21ClN2OS. The molecule has 0 aromatic heterocycles. The highest BCUT2D eigenvalue weighted by atomic mass is 35.5. The monoisotopic (exact) mass is 300 g/mol. The Morgan fingerprint density at radius 3 is 2.68 bits per heavy atom. The molecule has 3 nitrogen and oxygen atoms in total. The number of hydrogen-bond acceptors (Lipinski definition) is 3. The van der Waals surface area contributed by atoms with Crippen LogP contribution >= 0.6 is 23.4 Å². The summed E-state index contributed by atoms with van der Waals surface area (Å²) in [6, 6.07) is 5.11. The molecule has 1 aromatic rings. The standard InChI is InChI=1S/C14H21ClN2OS/c1-9(2)6-7-19-10(3)14(18)17-11-4-5-12(15)13(16)8-11/h4-5,8-10H,6-7,16H2,1-3H3,(H,17,18). The minimum atomic E-state index is -0.0735. The molecule has 0 heterocycles. The Hall–Kier alpha value is -0.870. The molecule has 0 bridgehead atoms. The molecule has 1 rings (SSSR count). The highest BCUT2D eigenvalue weighted by Crippen LogP contribution is 2.23. The van der Waals surface area contributed by atoms with Gasteiger partial charge in [0, 0.05) is 5.69 Å². The van der Waals surface area contributed by atoms with Crippen molar-refractivity contribution in [2.45, 2.75) is 32.4 Å². The van der Waals surface area contributed by atoms with Gasteiger partial charge in [-0.3, -0.25) is 4.79 Å². The normalized spacial score (nSPS) is 12.5. The van der Waals surface area contributed by atoms with Gasteiger partial charge in [0.25, 0.3) is 0 Å². The number of nitrogen functional groups attached to an aromatic ring is 1. The van der Waals surface area contributed by atoms with Gasteiger partial charge >= 0.3 is 0 Å². The van der Waals surface area contributed by atoms with Crippen LogP contribution in [0.25, 0.3) is 0 Å². The van der Waals surface area contributed by atoms with Crippen LogP contribution in [0.3, 0.4) is 0 Å². The summed E-state index contributed by atoms with van der Waals surface area (Å²) >= 11 is 7.51. The zero-order valence-electron chi connectivity index (χ0n) is 11.6. The molecule has 3 N–H and O–H groups in total. The van der Waals surface area contributed by atoms with E-state index in [-0.39, 0.29) is 11.2 Å². The minimum absolute atomic E-state index is 0.00419. The third kappa shape index (κ3) is 5.74. The molecule has 1 amide bonds. The molecule has 0 spiro atoms. The summed E-state index contributed by atoms with van der Waals surface area (Å²) in [6.07, 6.45) is 1.12. The second-order valence-corrected chi connectivity index (χ2v) is 6.78. The van der Waals surface area contributed by atoms with Crippen molar-refractivity contribution in [1.29, 1.82) is 0 Å².